The van der Waals surface area contributed by atoms with E-state index in [1.165, 1.54) is 0 Å². The van der Waals surface area contributed by atoms with Crippen LogP contribution in [-0.4, -0.2) is 11.1 Å². The Morgan fingerprint density at radius 1 is 1.50 bits per heavy atom. The predicted octanol–water partition coefficient (Wildman–Crippen LogP) is 2.54. The zero-order valence-corrected chi connectivity index (χ0v) is 7.29. The van der Waals surface area contributed by atoms with E-state index in [-0.39, 0.29) is 6.42 Å². The molecule has 0 aliphatic rings. The first kappa shape index (κ1) is 10.7. The minimum absolute atomic E-state index is 0.0104. The van der Waals surface area contributed by atoms with Crippen LogP contribution in [0.15, 0.2) is 36.5 Å². The van der Waals surface area contributed by atoms with Gasteiger partial charge < -0.3 is 5.11 Å². The van der Waals surface area contributed by atoms with Crippen LogP contribution in [0.25, 0.3) is 0 Å². The van der Waals surface area contributed by atoms with Gasteiger partial charge in [0.25, 0.3) is 0 Å². The number of aliphatic carboxylic acids is 1. The minimum atomic E-state index is -0.843. The molecule has 0 radical (unpaired) electrons. The van der Waals surface area contributed by atoms with E-state index in [2.05, 4.69) is 6.58 Å². The van der Waals surface area contributed by atoms with Crippen LogP contribution < -0.4 is 0 Å². The fourth-order valence-electron chi connectivity index (χ4n) is 0.659. The van der Waals surface area contributed by atoms with Gasteiger partial charge in [-0.2, -0.15) is 0 Å². The lowest BCUT2D eigenvalue weighted by Gasteiger charge is -1.90. The molecule has 0 unspecified atom stereocenters. The monoisotopic (exact) mass is 166 g/mol. The van der Waals surface area contributed by atoms with E-state index < -0.39 is 5.97 Å². The highest BCUT2D eigenvalue weighted by molar-refractivity contribution is 5.70. The summed E-state index contributed by atoms with van der Waals surface area (Å²) in [5.74, 6) is -0.843. The van der Waals surface area contributed by atoms with Crippen LogP contribution in [-0.2, 0) is 4.79 Å². The average molecular weight is 166 g/mol. The summed E-state index contributed by atoms with van der Waals surface area (Å²) in [6.07, 6.45) is 8.37. The SMILES string of the molecule is C=C(C=CC=CCC)CC(=O)O. The Bertz CT molecular complexity index is 212. The number of hydrogen-bond acceptors (Lipinski definition) is 1. The lowest BCUT2D eigenvalue weighted by Crippen LogP contribution is -1.93. The zero-order chi connectivity index (χ0) is 9.40. The van der Waals surface area contributed by atoms with Crippen molar-refractivity contribution in [1.29, 1.82) is 0 Å². The minimum Gasteiger partial charge on any atom is -0.481 e. The van der Waals surface area contributed by atoms with Gasteiger partial charge in [0.15, 0.2) is 0 Å². The third-order valence-electron chi connectivity index (χ3n) is 1.19. The topological polar surface area (TPSA) is 37.3 Å². The Morgan fingerprint density at radius 3 is 2.67 bits per heavy atom. The molecule has 0 rings (SSSR count). The third-order valence-corrected chi connectivity index (χ3v) is 1.19. The summed E-state index contributed by atoms with van der Waals surface area (Å²) in [7, 11) is 0. The molecule has 0 aromatic heterocycles. The van der Waals surface area contributed by atoms with Gasteiger partial charge in [-0.3, -0.25) is 4.79 Å². The summed E-state index contributed by atoms with van der Waals surface area (Å²) >= 11 is 0. The molecule has 2 heteroatoms. The van der Waals surface area contributed by atoms with Crippen LogP contribution in [0.2, 0.25) is 0 Å². The van der Waals surface area contributed by atoms with Gasteiger partial charge in [0.2, 0.25) is 0 Å². The molecule has 0 amide bonds. The Kier molecular flexibility index (Phi) is 5.70. The van der Waals surface area contributed by atoms with Crippen molar-refractivity contribution >= 4 is 5.97 Å². The second-order valence-electron chi connectivity index (χ2n) is 2.42. The lowest BCUT2D eigenvalue weighted by molar-refractivity contribution is -0.136. The number of allylic oxidation sites excluding steroid dienone is 4. The Morgan fingerprint density at radius 2 is 2.17 bits per heavy atom. The molecule has 0 atom stereocenters. The molecule has 66 valence electrons. The van der Waals surface area contributed by atoms with Crippen molar-refractivity contribution in [2.24, 2.45) is 0 Å². The molecule has 0 aliphatic heterocycles. The van der Waals surface area contributed by atoms with Gasteiger partial charge in [-0.25, -0.2) is 0 Å². The summed E-state index contributed by atoms with van der Waals surface area (Å²) in [4.78, 5) is 10.2. The molecular weight excluding hydrogens is 152 g/mol. The molecule has 0 spiro atoms. The average Bonchev–Trinajstić information content (AvgIpc) is 1.97. The quantitative estimate of drug-likeness (QED) is 0.637. The molecule has 0 aromatic carbocycles. The van der Waals surface area contributed by atoms with Crippen molar-refractivity contribution < 1.29 is 9.90 Å². The maximum Gasteiger partial charge on any atom is 0.307 e. The molecule has 2 nitrogen and oxygen atoms in total. The van der Waals surface area contributed by atoms with Crippen LogP contribution in [0.5, 0.6) is 0 Å². The molecule has 0 fully saturated rings. The van der Waals surface area contributed by atoms with E-state index in [9.17, 15) is 4.79 Å². The normalized spacial score (nSPS) is 11.1. The van der Waals surface area contributed by atoms with E-state index in [4.69, 9.17) is 5.11 Å². The van der Waals surface area contributed by atoms with Crippen molar-refractivity contribution in [3.8, 4) is 0 Å². The largest absolute Gasteiger partial charge is 0.481 e. The smallest absolute Gasteiger partial charge is 0.307 e. The van der Waals surface area contributed by atoms with Crippen molar-refractivity contribution in [2.45, 2.75) is 19.8 Å². The summed E-state index contributed by atoms with van der Waals surface area (Å²) in [6, 6.07) is 0. The Labute approximate surface area is 72.9 Å². The van der Waals surface area contributed by atoms with Gasteiger partial charge in [-0.1, -0.05) is 37.8 Å². The Balaban J connectivity index is 3.76. The van der Waals surface area contributed by atoms with Crippen LogP contribution in [0.3, 0.4) is 0 Å². The first-order valence-electron chi connectivity index (χ1n) is 3.89. The maximum atomic E-state index is 10.2. The maximum absolute atomic E-state index is 10.2. The highest BCUT2D eigenvalue weighted by Gasteiger charge is 1.95. The van der Waals surface area contributed by atoms with Gasteiger partial charge in [-0.15, -0.1) is 0 Å². The van der Waals surface area contributed by atoms with Crippen LogP contribution >= 0.6 is 0 Å². The van der Waals surface area contributed by atoms with Crippen LogP contribution in [0.4, 0.5) is 0 Å². The number of carboxylic acids is 1. The van der Waals surface area contributed by atoms with Gasteiger partial charge in [0.05, 0.1) is 6.42 Å². The molecule has 0 aromatic rings. The van der Waals surface area contributed by atoms with Crippen LogP contribution in [0, 0.1) is 0 Å². The molecular formula is C10H14O2. The van der Waals surface area contributed by atoms with Gasteiger partial charge >= 0.3 is 5.97 Å². The molecule has 1 N–H and O–H groups in total. The fourth-order valence-corrected chi connectivity index (χ4v) is 0.659. The summed E-state index contributed by atoms with van der Waals surface area (Å²) in [6.45, 7) is 5.63. The van der Waals surface area contributed by atoms with Gasteiger partial charge in [-0.05, 0) is 12.0 Å². The van der Waals surface area contributed by atoms with Crippen LogP contribution in [0.1, 0.15) is 19.8 Å². The van der Waals surface area contributed by atoms with E-state index >= 15 is 0 Å². The highest BCUT2D eigenvalue weighted by atomic mass is 16.4. The van der Waals surface area contributed by atoms with E-state index in [0.29, 0.717) is 5.57 Å². The molecule has 0 aliphatic carbocycles. The number of rotatable bonds is 5. The number of carbonyl (C=O) groups is 1. The molecule has 12 heavy (non-hydrogen) atoms. The molecule has 0 heterocycles. The van der Waals surface area contributed by atoms with Gasteiger partial charge in [0.1, 0.15) is 0 Å². The first-order valence-corrected chi connectivity index (χ1v) is 3.89. The van der Waals surface area contributed by atoms with Crippen molar-refractivity contribution in [2.75, 3.05) is 0 Å². The molecule has 0 bridgehead atoms. The third kappa shape index (κ3) is 6.81. The second-order valence-corrected chi connectivity index (χ2v) is 2.42. The second kappa shape index (κ2) is 6.40. The highest BCUT2D eigenvalue weighted by Crippen LogP contribution is 1.99. The first-order chi connectivity index (χ1) is 5.66. The van der Waals surface area contributed by atoms with E-state index in [0.717, 1.165) is 6.42 Å². The Hall–Kier alpha value is -1.31. The standard InChI is InChI=1S/C10H14O2/c1-3-4-5-6-7-9(2)8-10(11)12/h4-7H,2-3,8H2,1H3,(H,11,12). The fraction of sp³-hybridized carbons (Fsp3) is 0.300. The van der Waals surface area contributed by atoms with Gasteiger partial charge in [0, 0.05) is 0 Å². The lowest BCUT2D eigenvalue weighted by atomic mass is 10.2. The zero-order valence-electron chi connectivity index (χ0n) is 7.29. The number of hydrogen-bond donors (Lipinski definition) is 1. The summed E-state index contributed by atoms with van der Waals surface area (Å²) in [5.41, 5.74) is 0.614. The predicted molar refractivity (Wildman–Crippen MR) is 50.0 cm³/mol. The molecule has 0 saturated heterocycles. The summed E-state index contributed by atoms with van der Waals surface area (Å²) in [5, 5.41) is 8.37. The van der Waals surface area contributed by atoms with E-state index in [1.54, 1.807) is 12.2 Å². The summed E-state index contributed by atoms with van der Waals surface area (Å²) < 4.78 is 0. The van der Waals surface area contributed by atoms with E-state index in [1.807, 2.05) is 19.1 Å². The van der Waals surface area contributed by atoms with Crippen molar-refractivity contribution in [3.05, 3.63) is 36.5 Å². The number of carboxylic acid groups (broad SMARTS) is 1. The molecule has 0 saturated carbocycles. The van der Waals surface area contributed by atoms with Crippen molar-refractivity contribution in [1.82, 2.24) is 0 Å². The van der Waals surface area contributed by atoms with Crippen molar-refractivity contribution in [3.63, 3.8) is 0 Å².